The largest absolute Gasteiger partial charge is 0.298 e. The molecule has 1 aromatic carbocycles. The molecule has 1 fully saturated rings. The first-order valence-electron chi connectivity index (χ1n) is 9.22. The summed E-state index contributed by atoms with van der Waals surface area (Å²) >= 11 is 0. The summed E-state index contributed by atoms with van der Waals surface area (Å²) in [4.78, 5) is 19.2. The Kier molecular flexibility index (Phi) is 4.55. The van der Waals surface area contributed by atoms with E-state index in [1.54, 1.807) is 4.68 Å². The first-order valence-corrected chi connectivity index (χ1v) is 9.22. The number of carbonyl (C=O) groups excluding carboxylic acids is 1. The maximum atomic E-state index is 12.4. The van der Waals surface area contributed by atoms with Crippen LogP contribution >= 0.6 is 0 Å². The van der Waals surface area contributed by atoms with Crippen LogP contribution in [0.5, 0.6) is 0 Å². The quantitative estimate of drug-likeness (QED) is 0.710. The predicted molar refractivity (Wildman–Crippen MR) is 103 cm³/mol. The third-order valence-corrected chi connectivity index (χ3v) is 5.26. The van der Waals surface area contributed by atoms with Crippen molar-refractivity contribution in [1.29, 1.82) is 0 Å². The van der Waals surface area contributed by atoms with Gasteiger partial charge in [-0.05, 0) is 49.4 Å². The number of Topliss-reactive ketones (excluding diaryl/α,β-unsaturated/α-hetero) is 1. The van der Waals surface area contributed by atoms with Gasteiger partial charge in [-0.2, -0.15) is 5.10 Å². The maximum absolute atomic E-state index is 12.4. The molecule has 5 heteroatoms. The van der Waals surface area contributed by atoms with E-state index in [4.69, 9.17) is 0 Å². The average molecular weight is 348 g/mol. The molecule has 134 valence electrons. The maximum Gasteiger partial charge on any atom is 0.152 e. The van der Waals surface area contributed by atoms with Gasteiger partial charge in [0.05, 0.1) is 19.2 Å². The van der Waals surface area contributed by atoms with Gasteiger partial charge in [-0.25, -0.2) is 0 Å². The molecule has 5 nitrogen and oxygen atoms in total. The molecule has 0 unspecified atom stereocenters. The second-order valence-electron chi connectivity index (χ2n) is 7.32. The number of hydrogen-bond acceptors (Lipinski definition) is 4. The molecular weight excluding hydrogens is 324 g/mol. The minimum atomic E-state index is 0.244. The molecular formula is C21H24N4O. The van der Waals surface area contributed by atoms with E-state index in [1.165, 1.54) is 12.8 Å². The zero-order valence-corrected chi connectivity index (χ0v) is 15.4. The number of carbonyl (C=O) groups is 1. The van der Waals surface area contributed by atoms with Crippen LogP contribution < -0.4 is 0 Å². The molecule has 1 atom stereocenters. The van der Waals surface area contributed by atoms with Gasteiger partial charge in [-0.1, -0.05) is 12.1 Å². The minimum Gasteiger partial charge on any atom is -0.298 e. The van der Waals surface area contributed by atoms with Gasteiger partial charge in [0.25, 0.3) is 0 Å². The highest BCUT2D eigenvalue weighted by Gasteiger charge is 2.22. The number of benzene rings is 1. The van der Waals surface area contributed by atoms with Crippen LogP contribution in [0.3, 0.4) is 0 Å². The van der Waals surface area contributed by atoms with E-state index in [1.807, 2.05) is 31.7 Å². The number of aryl methyl sites for hydroxylation is 1. The predicted octanol–water partition coefficient (Wildman–Crippen LogP) is 3.23. The molecule has 0 radical (unpaired) electrons. The molecule has 0 spiro atoms. The van der Waals surface area contributed by atoms with Gasteiger partial charge in [-0.3, -0.25) is 19.4 Å². The molecule has 0 amide bonds. The van der Waals surface area contributed by atoms with Gasteiger partial charge in [0, 0.05) is 42.1 Å². The summed E-state index contributed by atoms with van der Waals surface area (Å²) in [5.74, 6) is 0.244. The number of fused-ring (bicyclic) bond motifs is 1. The highest BCUT2D eigenvalue weighted by molar-refractivity contribution is 5.88. The highest BCUT2D eigenvalue weighted by atomic mass is 16.1. The van der Waals surface area contributed by atoms with Crippen LogP contribution in [0, 0.1) is 0 Å². The van der Waals surface area contributed by atoms with Gasteiger partial charge in [0.15, 0.2) is 5.78 Å². The molecule has 1 aliphatic heterocycles. The Bertz CT molecular complexity index is 946. The summed E-state index contributed by atoms with van der Waals surface area (Å²) in [6.07, 6.45) is 8.52. The Labute approximate surface area is 153 Å². The highest BCUT2D eigenvalue weighted by Crippen LogP contribution is 2.24. The normalized spacial score (nSPS) is 17.8. The van der Waals surface area contributed by atoms with Gasteiger partial charge >= 0.3 is 0 Å². The number of likely N-dealkylation sites (tertiary alicyclic amines) is 1. The zero-order chi connectivity index (χ0) is 18.1. The molecule has 0 saturated carbocycles. The molecule has 0 aliphatic carbocycles. The van der Waals surface area contributed by atoms with Gasteiger partial charge in [-0.15, -0.1) is 0 Å². The number of nitrogens with zero attached hydrogens (tertiary/aromatic N) is 4. The van der Waals surface area contributed by atoms with Crippen molar-refractivity contribution in [3.8, 4) is 11.1 Å². The van der Waals surface area contributed by atoms with Gasteiger partial charge < -0.3 is 0 Å². The third kappa shape index (κ3) is 3.53. The summed E-state index contributed by atoms with van der Waals surface area (Å²) in [6, 6.07) is 8.86. The van der Waals surface area contributed by atoms with Crippen molar-refractivity contribution in [3.05, 3.63) is 48.5 Å². The lowest BCUT2D eigenvalue weighted by atomic mass is 10.0. The van der Waals surface area contributed by atoms with E-state index < -0.39 is 0 Å². The fourth-order valence-electron chi connectivity index (χ4n) is 3.75. The molecule has 0 bridgehead atoms. The van der Waals surface area contributed by atoms with Crippen molar-refractivity contribution in [2.45, 2.75) is 32.2 Å². The number of rotatable bonds is 5. The molecule has 26 heavy (non-hydrogen) atoms. The smallest absolute Gasteiger partial charge is 0.152 e. The Morgan fingerprint density at radius 2 is 2.08 bits per heavy atom. The van der Waals surface area contributed by atoms with Crippen LogP contribution in [-0.2, 0) is 18.3 Å². The first-order chi connectivity index (χ1) is 12.6. The van der Waals surface area contributed by atoms with Gasteiger partial charge in [0.1, 0.15) is 0 Å². The fraction of sp³-hybridized carbons (Fsp3) is 0.381. The van der Waals surface area contributed by atoms with E-state index in [-0.39, 0.29) is 5.78 Å². The summed E-state index contributed by atoms with van der Waals surface area (Å²) in [6.45, 7) is 3.78. The third-order valence-electron chi connectivity index (χ3n) is 5.26. The second kappa shape index (κ2) is 7.00. The van der Waals surface area contributed by atoms with E-state index in [9.17, 15) is 4.79 Å². The lowest BCUT2D eigenvalue weighted by Gasteiger charge is -2.19. The summed E-state index contributed by atoms with van der Waals surface area (Å²) in [5.41, 5.74) is 3.06. The molecule has 2 aromatic heterocycles. The van der Waals surface area contributed by atoms with Gasteiger partial charge in [0.2, 0.25) is 0 Å². The van der Waals surface area contributed by atoms with Crippen LogP contribution in [0.4, 0.5) is 0 Å². The van der Waals surface area contributed by atoms with Crippen molar-refractivity contribution in [2.75, 3.05) is 13.1 Å². The number of ketones is 1. The monoisotopic (exact) mass is 348 g/mol. The van der Waals surface area contributed by atoms with Crippen LogP contribution in [-0.4, -0.2) is 44.6 Å². The van der Waals surface area contributed by atoms with Crippen LogP contribution in [0.1, 0.15) is 25.5 Å². The topological polar surface area (TPSA) is 51.0 Å². The molecule has 1 saturated heterocycles. The van der Waals surface area contributed by atoms with Crippen molar-refractivity contribution in [3.63, 3.8) is 0 Å². The summed E-state index contributed by atoms with van der Waals surface area (Å²) in [5, 5.41) is 6.43. The molecule has 4 rings (SSSR count). The minimum absolute atomic E-state index is 0.244. The summed E-state index contributed by atoms with van der Waals surface area (Å²) < 4.78 is 1.80. The number of hydrogen-bond donors (Lipinski definition) is 0. The SMILES string of the molecule is C[C@H]1CCCN1CC(=O)Cc1cc2cc(-c3cnn(C)c3)ccc2cn1. The molecule has 1 aliphatic rings. The van der Waals surface area contributed by atoms with E-state index in [0.717, 1.165) is 34.1 Å². The second-order valence-corrected chi connectivity index (χ2v) is 7.32. The standard InChI is InChI=1S/C21H24N4O/c1-15-4-3-7-25(15)14-21(26)10-20-9-18-8-16(5-6-17(18)11-22-20)19-12-23-24(2)13-19/h5-6,8-9,11-13,15H,3-4,7,10,14H2,1-2H3/t15-/m0/s1. The molecule has 0 N–H and O–H groups in total. The summed E-state index contributed by atoms with van der Waals surface area (Å²) in [7, 11) is 1.92. The Morgan fingerprint density at radius 1 is 1.19 bits per heavy atom. The molecule has 3 heterocycles. The zero-order valence-electron chi connectivity index (χ0n) is 15.4. The Hall–Kier alpha value is -2.53. The Balaban J connectivity index is 1.53. The van der Waals surface area contributed by atoms with Crippen molar-refractivity contribution < 1.29 is 4.79 Å². The fourth-order valence-corrected chi connectivity index (χ4v) is 3.75. The average Bonchev–Trinajstić information content (AvgIpc) is 3.23. The lowest BCUT2D eigenvalue weighted by Crippen LogP contribution is -2.33. The van der Waals surface area contributed by atoms with E-state index in [2.05, 4.69) is 40.1 Å². The first kappa shape index (κ1) is 16.9. The van der Waals surface area contributed by atoms with Crippen molar-refractivity contribution in [1.82, 2.24) is 19.7 Å². The Morgan fingerprint density at radius 3 is 2.81 bits per heavy atom. The lowest BCUT2D eigenvalue weighted by molar-refractivity contribution is -0.119. The van der Waals surface area contributed by atoms with Crippen LogP contribution in [0.2, 0.25) is 0 Å². The van der Waals surface area contributed by atoms with Crippen molar-refractivity contribution >= 4 is 16.6 Å². The van der Waals surface area contributed by atoms with E-state index in [0.29, 0.717) is 19.0 Å². The molecule has 3 aromatic rings. The number of pyridine rings is 1. The van der Waals surface area contributed by atoms with Crippen LogP contribution in [0.15, 0.2) is 42.9 Å². The van der Waals surface area contributed by atoms with Crippen molar-refractivity contribution in [2.24, 2.45) is 7.05 Å². The van der Waals surface area contributed by atoms with Crippen LogP contribution in [0.25, 0.3) is 21.9 Å². The number of aromatic nitrogens is 3. The van der Waals surface area contributed by atoms with E-state index >= 15 is 0 Å².